The van der Waals surface area contributed by atoms with Crippen LogP contribution in [0.1, 0.15) is 28.8 Å². The van der Waals surface area contributed by atoms with E-state index in [1.807, 2.05) is 42.5 Å². The number of benzene rings is 3. The molecule has 2 atom stereocenters. The summed E-state index contributed by atoms with van der Waals surface area (Å²) in [5, 5.41) is 10.4. The molecule has 33 heavy (non-hydrogen) atoms. The second kappa shape index (κ2) is 10.2. The van der Waals surface area contributed by atoms with Crippen LogP contribution in [0, 0.1) is 17.9 Å². The third-order valence-electron chi connectivity index (χ3n) is 6.05. The van der Waals surface area contributed by atoms with Gasteiger partial charge in [0, 0.05) is 24.7 Å². The molecule has 4 nitrogen and oxygen atoms in total. The van der Waals surface area contributed by atoms with Gasteiger partial charge < -0.3 is 4.90 Å². The highest BCUT2D eigenvalue weighted by atomic mass is 35.5. The molecule has 0 N–H and O–H groups in total. The topological polar surface area (TPSA) is 34.6 Å². The van der Waals surface area contributed by atoms with E-state index in [0.29, 0.717) is 40.9 Å². The molecule has 1 aliphatic rings. The molecule has 0 spiro atoms. The van der Waals surface area contributed by atoms with Gasteiger partial charge in [-0.3, -0.25) is 4.90 Å². The zero-order valence-electron chi connectivity index (χ0n) is 17.8. The van der Waals surface area contributed by atoms with Crippen molar-refractivity contribution in [1.29, 1.82) is 5.26 Å². The van der Waals surface area contributed by atoms with Crippen molar-refractivity contribution in [1.82, 2.24) is 4.90 Å². The van der Waals surface area contributed by atoms with Crippen molar-refractivity contribution >= 4 is 34.6 Å². The van der Waals surface area contributed by atoms with Gasteiger partial charge in [0.15, 0.2) is 5.69 Å². The van der Waals surface area contributed by atoms with Crippen LogP contribution in [-0.2, 0) is 0 Å². The van der Waals surface area contributed by atoms with E-state index in [2.05, 4.69) is 20.7 Å². The Morgan fingerprint density at radius 1 is 1.06 bits per heavy atom. The van der Waals surface area contributed by atoms with E-state index in [-0.39, 0.29) is 6.04 Å². The average Bonchev–Trinajstić information content (AvgIpc) is 2.85. The van der Waals surface area contributed by atoms with E-state index in [4.69, 9.17) is 29.8 Å². The van der Waals surface area contributed by atoms with Crippen LogP contribution in [0.2, 0.25) is 10.0 Å². The predicted octanol–water partition coefficient (Wildman–Crippen LogP) is 6.99. The van der Waals surface area contributed by atoms with E-state index in [9.17, 15) is 9.65 Å². The Morgan fingerprint density at radius 3 is 2.39 bits per heavy atom. The fraction of sp³-hybridized carbons (Fsp3) is 0.231. The predicted molar refractivity (Wildman–Crippen MR) is 131 cm³/mol. The van der Waals surface area contributed by atoms with Gasteiger partial charge in [0.05, 0.1) is 41.0 Å². The Kier molecular flexibility index (Phi) is 7.16. The first kappa shape index (κ1) is 23.1. The van der Waals surface area contributed by atoms with E-state index in [1.165, 1.54) is 0 Å². The Morgan fingerprint density at radius 2 is 1.79 bits per heavy atom. The van der Waals surface area contributed by atoms with Gasteiger partial charge in [0.2, 0.25) is 0 Å². The monoisotopic (exact) mass is 478 g/mol. The Hall–Kier alpha value is -3.09. The Labute approximate surface area is 203 Å². The van der Waals surface area contributed by atoms with Gasteiger partial charge in [-0.05, 0) is 41.5 Å². The maximum Gasteiger partial charge on any atom is 0.187 e. The summed E-state index contributed by atoms with van der Waals surface area (Å²) in [6.07, 6.45) is 0. The summed E-state index contributed by atoms with van der Waals surface area (Å²) in [6.45, 7) is 8.47. The van der Waals surface area contributed by atoms with E-state index in [0.717, 1.165) is 16.8 Å². The first-order valence-corrected chi connectivity index (χ1v) is 11.3. The number of piperazine rings is 1. The molecule has 0 amide bonds. The normalized spacial score (nSPS) is 17.2. The van der Waals surface area contributed by atoms with Gasteiger partial charge in [0.25, 0.3) is 0 Å². The molecule has 4 rings (SSSR count). The van der Waals surface area contributed by atoms with E-state index in [1.54, 1.807) is 24.3 Å². The summed E-state index contributed by atoms with van der Waals surface area (Å²) < 4.78 is 14.3. The molecule has 0 bridgehead atoms. The molecule has 0 unspecified atom stereocenters. The van der Waals surface area contributed by atoms with Crippen molar-refractivity contribution in [2.24, 2.45) is 0 Å². The van der Waals surface area contributed by atoms with Gasteiger partial charge in [-0.2, -0.15) is 5.26 Å². The van der Waals surface area contributed by atoms with Crippen LogP contribution in [0.3, 0.4) is 0 Å². The Bertz CT molecular complexity index is 1200. The lowest BCUT2D eigenvalue weighted by molar-refractivity contribution is 0.136. The molecule has 1 aliphatic heterocycles. The number of nitriles is 1. The van der Waals surface area contributed by atoms with Gasteiger partial charge in [0.1, 0.15) is 6.67 Å². The van der Waals surface area contributed by atoms with Crippen LogP contribution >= 0.6 is 23.2 Å². The zero-order valence-corrected chi connectivity index (χ0v) is 19.3. The summed E-state index contributed by atoms with van der Waals surface area (Å²) in [5.74, 6) is 0. The van der Waals surface area contributed by atoms with Crippen molar-refractivity contribution in [2.45, 2.75) is 12.1 Å². The van der Waals surface area contributed by atoms with Crippen LogP contribution in [-0.4, -0.2) is 31.2 Å². The molecule has 1 fully saturated rings. The van der Waals surface area contributed by atoms with Gasteiger partial charge in [-0.15, -0.1) is 0 Å². The first-order chi connectivity index (χ1) is 16.0. The molecule has 0 radical (unpaired) electrons. The maximum atomic E-state index is 14.3. The molecule has 0 saturated carbocycles. The molecule has 166 valence electrons. The van der Waals surface area contributed by atoms with Crippen LogP contribution in [0.15, 0.2) is 66.7 Å². The summed E-state index contributed by atoms with van der Waals surface area (Å²) in [6, 6.07) is 21.7. The highest BCUT2D eigenvalue weighted by molar-refractivity contribution is 6.33. The van der Waals surface area contributed by atoms with Crippen LogP contribution in [0.4, 0.5) is 15.8 Å². The van der Waals surface area contributed by atoms with Crippen LogP contribution in [0.5, 0.6) is 0 Å². The second-order valence-corrected chi connectivity index (χ2v) is 8.75. The van der Waals surface area contributed by atoms with Crippen molar-refractivity contribution in [3.8, 4) is 6.07 Å². The van der Waals surface area contributed by atoms with Crippen molar-refractivity contribution in [3.05, 3.63) is 105 Å². The molecular formula is C26H21Cl2FN4. The lowest BCUT2D eigenvalue weighted by Crippen LogP contribution is -2.50. The van der Waals surface area contributed by atoms with Crippen LogP contribution in [0.25, 0.3) is 4.85 Å². The van der Waals surface area contributed by atoms with E-state index < -0.39 is 12.7 Å². The molecule has 0 aromatic heterocycles. The van der Waals surface area contributed by atoms with Crippen molar-refractivity contribution in [3.63, 3.8) is 0 Å². The van der Waals surface area contributed by atoms with Crippen molar-refractivity contribution in [2.75, 3.05) is 31.2 Å². The number of halogens is 3. The number of hydrogen-bond donors (Lipinski definition) is 0. The number of anilines is 1. The molecule has 3 aromatic carbocycles. The quantitative estimate of drug-likeness (QED) is 0.370. The number of nitrogens with zero attached hydrogens (tertiary/aromatic N) is 4. The highest BCUT2D eigenvalue weighted by Crippen LogP contribution is 2.38. The maximum absolute atomic E-state index is 14.3. The molecule has 3 aromatic rings. The van der Waals surface area contributed by atoms with Gasteiger partial charge >= 0.3 is 0 Å². The molecule has 1 saturated heterocycles. The smallest absolute Gasteiger partial charge is 0.187 e. The summed E-state index contributed by atoms with van der Waals surface area (Å²) in [5.41, 5.74) is 3.78. The molecule has 0 aliphatic carbocycles. The minimum atomic E-state index is -0.525. The number of rotatable bonds is 5. The standard InChI is InChI=1S/C26H21Cl2FN4/c1-31-22-9-5-19(6-10-22)25(15-29)32-12-13-33(24-11-2-18(16-30)14-23(24)28)26(17-32)20-3-7-21(27)8-4-20/h2-11,14,25-26H,12-13,15,17H2/t25-,26+/m1/s1. The number of hydrogen-bond acceptors (Lipinski definition) is 3. The third-order valence-corrected chi connectivity index (χ3v) is 6.60. The summed E-state index contributed by atoms with van der Waals surface area (Å²) in [4.78, 5) is 7.77. The highest BCUT2D eigenvalue weighted by Gasteiger charge is 2.33. The van der Waals surface area contributed by atoms with Gasteiger partial charge in [-0.25, -0.2) is 9.24 Å². The minimum Gasteiger partial charge on any atom is -0.361 e. The van der Waals surface area contributed by atoms with Crippen molar-refractivity contribution < 1.29 is 4.39 Å². The summed E-state index contributed by atoms with van der Waals surface area (Å²) >= 11 is 12.7. The lowest BCUT2D eigenvalue weighted by atomic mass is 9.98. The SMILES string of the molecule is [C-]#[N+]c1ccc([C@@H](CF)N2CCN(c3ccc(C#N)cc3Cl)[C@H](c3ccc(Cl)cc3)C2)cc1. The zero-order chi connectivity index (χ0) is 23.4. The van der Waals surface area contributed by atoms with Crippen LogP contribution < -0.4 is 4.90 Å². The van der Waals surface area contributed by atoms with Gasteiger partial charge in [-0.1, -0.05) is 59.6 Å². The largest absolute Gasteiger partial charge is 0.361 e. The lowest BCUT2D eigenvalue weighted by Gasteiger charge is -2.45. The molecule has 7 heteroatoms. The van der Waals surface area contributed by atoms with E-state index >= 15 is 0 Å². The average molecular weight is 479 g/mol. The number of alkyl halides is 1. The first-order valence-electron chi connectivity index (χ1n) is 10.5. The molecular weight excluding hydrogens is 458 g/mol. The molecule has 1 heterocycles. The Balaban J connectivity index is 1.68. The fourth-order valence-corrected chi connectivity index (χ4v) is 4.74. The second-order valence-electron chi connectivity index (χ2n) is 7.91. The third kappa shape index (κ3) is 4.97. The minimum absolute atomic E-state index is 0.0852. The fourth-order valence-electron chi connectivity index (χ4n) is 4.32. The summed E-state index contributed by atoms with van der Waals surface area (Å²) in [7, 11) is 0.